The largest absolute Gasteiger partial charge is 0.477 e. The minimum absolute atomic E-state index is 0.0103. The van der Waals surface area contributed by atoms with Gasteiger partial charge in [-0.3, -0.25) is 9.59 Å². The summed E-state index contributed by atoms with van der Waals surface area (Å²) in [6.07, 6.45) is 3.75. The molecule has 0 atom stereocenters. The molecule has 0 unspecified atom stereocenters. The van der Waals surface area contributed by atoms with E-state index < -0.39 is 0 Å². The topological polar surface area (TPSA) is 99.2 Å². The molecule has 1 N–H and O–H groups in total. The third-order valence-electron chi connectivity index (χ3n) is 3.87. The second-order valence-electron chi connectivity index (χ2n) is 5.98. The van der Waals surface area contributed by atoms with Gasteiger partial charge in [0.25, 0.3) is 5.91 Å². The van der Waals surface area contributed by atoms with Gasteiger partial charge in [-0.15, -0.1) is 10.2 Å². The standard InChI is InChI=1S/C19H20N4O4S/c1-3-13-4-6-14(7-5-13)21-18(25)10-27-17-9-26-15(8-16(17)24)11-28-19-22-20-12-23(19)2/h4-9,12H,3,10-11H2,1-2H3,(H,21,25). The lowest BCUT2D eigenvalue weighted by Crippen LogP contribution is -2.22. The van der Waals surface area contributed by atoms with Crippen LogP contribution in [0, 0.1) is 0 Å². The van der Waals surface area contributed by atoms with E-state index in [1.165, 1.54) is 29.7 Å². The normalized spacial score (nSPS) is 10.6. The summed E-state index contributed by atoms with van der Waals surface area (Å²) < 4.78 is 12.5. The number of amides is 1. The van der Waals surface area contributed by atoms with Gasteiger partial charge >= 0.3 is 0 Å². The third-order valence-corrected chi connectivity index (χ3v) is 4.93. The molecule has 1 amide bonds. The number of carbonyl (C=O) groups is 1. The SMILES string of the molecule is CCc1ccc(NC(=O)COc2coc(CSc3nncn3C)cc2=O)cc1. The molecule has 146 valence electrons. The number of benzene rings is 1. The molecule has 0 fully saturated rings. The Morgan fingerprint density at radius 3 is 2.75 bits per heavy atom. The second-order valence-corrected chi connectivity index (χ2v) is 6.92. The molecule has 28 heavy (non-hydrogen) atoms. The first-order valence-corrected chi connectivity index (χ1v) is 9.64. The summed E-state index contributed by atoms with van der Waals surface area (Å²) in [4.78, 5) is 24.1. The highest BCUT2D eigenvalue weighted by molar-refractivity contribution is 7.98. The predicted molar refractivity (Wildman–Crippen MR) is 105 cm³/mol. The number of thioether (sulfide) groups is 1. The van der Waals surface area contributed by atoms with Crippen LogP contribution < -0.4 is 15.5 Å². The Hall–Kier alpha value is -3.07. The van der Waals surface area contributed by atoms with Gasteiger partial charge in [-0.05, 0) is 24.1 Å². The van der Waals surface area contributed by atoms with Gasteiger partial charge in [0.2, 0.25) is 11.2 Å². The van der Waals surface area contributed by atoms with Gasteiger partial charge in [0, 0.05) is 18.8 Å². The van der Waals surface area contributed by atoms with Gasteiger partial charge in [0.15, 0.2) is 11.8 Å². The summed E-state index contributed by atoms with van der Waals surface area (Å²) in [7, 11) is 1.83. The Balaban J connectivity index is 1.51. The summed E-state index contributed by atoms with van der Waals surface area (Å²) in [5.41, 5.74) is 1.51. The zero-order valence-corrected chi connectivity index (χ0v) is 16.4. The number of aromatic nitrogens is 3. The Kier molecular flexibility index (Phi) is 6.49. The van der Waals surface area contributed by atoms with Crippen LogP contribution >= 0.6 is 11.8 Å². The van der Waals surface area contributed by atoms with Crippen LogP contribution in [0.1, 0.15) is 18.2 Å². The molecular weight excluding hydrogens is 380 g/mol. The molecule has 3 aromatic rings. The van der Waals surface area contributed by atoms with Crippen LogP contribution in [-0.2, 0) is 24.0 Å². The maximum absolute atomic E-state index is 12.2. The zero-order valence-electron chi connectivity index (χ0n) is 15.5. The first-order chi connectivity index (χ1) is 13.5. The molecule has 2 heterocycles. The maximum Gasteiger partial charge on any atom is 0.262 e. The number of ether oxygens (including phenoxy) is 1. The van der Waals surface area contributed by atoms with Crippen LogP contribution in [0.25, 0.3) is 0 Å². The van der Waals surface area contributed by atoms with Gasteiger partial charge in [0.05, 0.1) is 5.75 Å². The highest BCUT2D eigenvalue weighted by Crippen LogP contribution is 2.20. The molecule has 0 aliphatic carbocycles. The van der Waals surface area contributed by atoms with Crippen molar-refractivity contribution in [1.29, 1.82) is 0 Å². The van der Waals surface area contributed by atoms with E-state index in [4.69, 9.17) is 9.15 Å². The number of hydrogen-bond donors (Lipinski definition) is 1. The number of hydrogen-bond acceptors (Lipinski definition) is 7. The molecular formula is C19H20N4O4S. The van der Waals surface area contributed by atoms with Gasteiger partial charge in [-0.2, -0.15) is 0 Å². The molecule has 9 heteroatoms. The molecule has 0 saturated heterocycles. The van der Waals surface area contributed by atoms with Crippen molar-refractivity contribution in [1.82, 2.24) is 14.8 Å². The van der Waals surface area contributed by atoms with Crippen LogP contribution in [0.2, 0.25) is 0 Å². The Morgan fingerprint density at radius 2 is 2.11 bits per heavy atom. The Labute approximate surface area is 165 Å². The Morgan fingerprint density at radius 1 is 1.32 bits per heavy atom. The van der Waals surface area contributed by atoms with Crippen LogP contribution in [0.4, 0.5) is 5.69 Å². The van der Waals surface area contributed by atoms with E-state index in [0.29, 0.717) is 22.4 Å². The molecule has 0 spiro atoms. The average Bonchev–Trinajstić information content (AvgIpc) is 3.11. The van der Waals surface area contributed by atoms with E-state index in [9.17, 15) is 9.59 Å². The first-order valence-electron chi connectivity index (χ1n) is 8.65. The summed E-state index contributed by atoms with van der Waals surface area (Å²) >= 11 is 1.40. The molecule has 0 aliphatic heterocycles. The van der Waals surface area contributed by atoms with Crippen molar-refractivity contribution in [3.63, 3.8) is 0 Å². The fraction of sp³-hybridized carbons (Fsp3) is 0.263. The minimum Gasteiger partial charge on any atom is -0.477 e. The summed E-state index contributed by atoms with van der Waals surface area (Å²) in [5, 5.41) is 11.2. The lowest BCUT2D eigenvalue weighted by molar-refractivity contribution is -0.118. The third kappa shape index (κ3) is 5.23. The van der Waals surface area contributed by atoms with Crippen LogP contribution in [-0.4, -0.2) is 27.3 Å². The molecule has 2 aromatic heterocycles. The summed E-state index contributed by atoms with van der Waals surface area (Å²) in [5.74, 6) is 0.538. The number of nitrogens with zero attached hydrogens (tertiary/aromatic N) is 3. The van der Waals surface area contributed by atoms with Gasteiger partial charge in [0.1, 0.15) is 18.4 Å². The van der Waals surface area contributed by atoms with Crippen molar-refractivity contribution in [3.8, 4) is 5.75 Å². The number of carbonyl (C=O) groups excluding carboxylic acids is 1. The quantitative estimate of drug-likeness (QED) is 0.580. The number of nitrogens with one attached hydrogen (secondary N) is 1. The van der Waals surface area contributed by atoms with Gasteiger partial charge in [-0.1, -0.05) is 30.8 Å². The van der Waals surface area contributed by atoms with E-state index in [0.717, 1.165) is 6.42 Å². The number of anilines is 1. The smallest absolute Gasteiger partial charge is 0.262 e. The molecule has 0 bridgehead atoms. The van der Waals surface area contributed by atoms with Crippen LogP contribution in [0.3, 0.4) is 0 Å². The van der Waals surface area contributed by atoms with Gasteiger partial charge < -0.3 is 19.0 Å². The molecule has 0 radical (unpaired) electrons. The summed E-state index contributed by atoms with van der Waals surface area (Å²) in [6.45, 7) is 1.78. The van der Waals surface area contributed by atoms with E-state index >= 15 is 0 Å². The fourth-order valence-corrected chi connectivity index (χ4v) is 3.10. The fourth-order valence-electron chi connectivity index (χ4n) is 2.32. The lowest BCUT2D eigenvalue weighted by Gasteiger charge is -2.08. The molecule has 8 nitrogen and oxygen atoms in total. The minimum atomic E-state index is -0.356. The average molecular weight is 400 g/mol. The molecule has 3 rings (SSSR count). The van der Waals surface area contributed by atoms with E-state index in [2.05, 4.69) is 22.4 Å². The summed E-state index contributed by atoms with van der Waals surface area (Å²) in [6, 6.07) is 8.90. The van der Waals surface area contributed by atoms with E-state index in [1.807, 2.05) is 31.3 Å². The van der Waals surface area contributed by atoms with Crippen molar-refractivity contribution in [2.24, 2.45) is 7.05 Å². The molecule has 0 saturated carbocycles. The van der Waals surface area contributed by atoms with Crippen molar-refractivity contribution in [2.75, 3.05) is 11.9 Å². The van der Waals surface area contributed by atoms with Gasteiger partial charge in [-0.25, -0.2) is 0 Å². The lowest BCUT2D eigenvalue weighted by atomic mass is 10.1. The highest BCUT2D eigenvalue weighted by atomic mass is 32.2. The zero-order chi connectivity index (χ0) is 19.9. The molecule has 1 aromatic carbocycles. The van der Waals surface area contributed by atoms with Crippen LogP contribution in [0.5, 0.6) is 5.75 Å². The van der Waals surface area contributed by atoms with Crippen molar-refractivity contribution < 1.29 is 13.9 Å². The monoisotopic (exact) mass is 400 g/mol. The predicted octanol–water partition coefficient (Wildman–Crippen LogP) is 2.64. The maximum atomic E-state index is 12.2. The van der Waals surface area contributed by atoms with E-state index in [1.54, 1.807) is 10.9 Å². The first kappa shape index (κ1) is 19.7. The number of rotatable bonds is 8. The number of aryl methyl sites for hydroxylation is 2. The Bertz CT molecular complexity index is 998. The molecule has 0 aliphatic rings. The highest BCUT2D eigenvalue weighted by Gasteiger charge is 2.10. The van der Waals surface area contributed by atoms with Crippen molar-refractivity contribution in [3.05, 3.63) is 64.5 Å². The second kappa shape index (κ2) is 9.23. The van der Waals surface area contributed by atoms with E-state index in [-0.39, 0.29) is 23.7 Å². The van der Waals surface area contributed by atoms with Crippen molar-refractivity contribution >= 4 is 23.4 Å². The van der Waals surface area contributed by atoms with Crippen molar-refractivity contribution in [2.45, 2.75) is 24.3 Å². The van der Waals surface area contributed by atoms with Crippen LogP contribution in [0.15, 0.2) is 57.3 Å².